The Morgan fingerprint density at radius 2 is 2.11 bits per heavy atom. The van der Waals surface area contributed by atoms with Crippen LogP contribution in [0, 0.1) is 6.92 Å². The highest BCUT2D eigenvalue weighted by Crippen LogP contribution is 2.07. The van der Waals surface area contributed by atoms with Gasteiger partial charge in [-0.2, -0.15) is 10.2 Å². The normalized spacial score (nSPS) is 10.7. The molecule has 0 aliphatic carbocycles. The molecule has 96 valence electrons. The van der Waals surface area contributed by atoms with Gasteiger partial charge in [0, 0.05) is 33.0 Å². The molecule has 18 heavy (non-hydrogen) atoms. The van der Waals surface area contributed by atoms with Crippen LogP contribution in [0.1, 0.15) is 21.9 Å². The number of carbonyl (C=O) groups is 1. The second kappa shape index (κ2) is 4.64. The van der Waals surface area contributed by atoms with Crippen molar-refractivity contribution in [3.05, 3.63) is 35.4 Å². The van der Waals surface area contributed by atoms with Crippen LogP contribution in [0.25, 0.3) is 0 Å². The van der Waals surface area contributed by atoms with Crippen LogP contribution in [0.3, 0.4) is 0 Å². The minimum Gasteiger partial charge on any atom is -0.334 e. The van der Waals surface area contributed by atoms with Gasteiger partial charge in [0.25, 0.3) is 5.91 Å². The maximum absolute atomic E-state index is 12.1. The lowest BCUT2D eigenvalue weighted by molar-refractivity contribution is 0.0776. The van der Waals surface area contributed by atoms with E-state index in [-0.39, 0.29) is 5.91 Å². The average Bonchev–Trinajstić information content (AvgIpc) is 2.85. The molecule has 2 aromatic heterocycles. The summed E-state index contributed by atoms with van der Waals surface area (Å²) >= 11 is 0. The van der Waals surface area contributed by atoms with Crippen LogP contribution < -0.4 is 0 Å². The first-order valence-corrected chi connectivity index (χ1v) is 5.72. The summed E-state index contributed by atoms with van der Waals surface area (Å²) in [7, 11) is 5.43. The van der Waals surface area contributed by atoms with Crippen molar-refractivity contribution in [2.75, 3.05) is 7.05 Å². The molecule has 0 radical (unpaired) electrons. The number of carbonyl (C=O) groups excluding carboxylic acids is 1. The van der Waals surface area contributed by atoms with Gasteiger partial charge in [-0.25, -0.2) is 0 Å². The van der Waals surface area contributed by atoms with Crippen LogP contribution in [0.15, 0.2) is 18.3 Å². The molecule has 2 heterocycles. The standard InChI is InChI=1S/C12H17N5O/c1-9-7-11(14-17(9)4)12(18)15(2)8-10-5-6-16(3)13-10/h5-7H,8H2,1-4H3. The largest absolute Gasteiger partial charge is 0.334 e. The van der Waals surface area contributed by atoms with Crippen molar-refractivity contribution in [3.63, 3.8) is 0 Å². The molecule has 6 heteroatoms. The number of rotatable bonds is 3. The van der Waals surface area contributed by atoms with E-state index in [0.29, 0.717) is 12.2 Å². The lowest BCUT2D eigenvalue weighted by Crippen LogP contribution is -2.27. The molecular formula is C12H17N5O. The van der Waals surface area contributed by atoms with E-state index < -0.39 is 0 Å². The summed E-state index contributed by atoms with van der Waals surface area (Å²) in [6.45, 7) is 2.40. The zero-order valence-electron chi connectivity index (χ0n) is 11.1. The third-order valence-electron chi connectivity index (χ3n) is 2.85. The minimum atomic E-state index is -0.0932. The topological polar surface area (TPSA) is 56.0 Å². The fourth-order valence-electron chi connectivity index (χ4n) is 1.72. The Labute approximate surface area is 106 Å². The van der Waals surface area contributed by atoms with Gasteiger partial charge in [-0.1, -0.05) is 0 Å². The molecule has 0 saturated heterocycles. The summed E-state index contributed by atoms with van der Waals surface area (Å²) in [6.07, 6.45) is 1.86. The van der Waals surface area contributed by atoms with E-state index in [1.165, 1.54) is 0 Å². The molecular weight excluding hydrogens is 230 g/mol. The molecule has 6 nitrogen and oxygen atoms in total. The van der Waals surface area contributed by atoms with Gasteiger partial charge >= 0.3 is 0 Å². The quantitative estimate of drug-likeness (QED) is 0.803. The number of aromatic nitrogens is 4. The van der Waals surface area contributed by atoms with Gasteiger partial charge in [0.15, 0.2) is 5.69 Å². The summed E-state index contributed by atoms with van der Waals surface area (Å²) in [5, 5.41) is 8.42. The maximum Gasteiger partial charge on any atom is 0.274 e. The zero-order chi connectivity index (χ0) is 13.3. The third-order valence-corrected chi connectivity index (χ3v) is 2.85. The molecule has 0 bridgehead atoms. The summed E-state index contributed by atoms with van der Waals surface area (Å²) in [4.78, 5) is 13.8. The highest BCUT2D eigenvalue weighted by molar-refractivity contribution is 5.92. The zero-order valence-corrected chi connectivity index (χ0v) is 11.1. The first-order chi connectivity index (χ1) is 8.47. The first-order valence-electron chi connectivity index (χ1n) is 5.72. The van der Waals surface area contributed by atoms with E-state index >= 15 is 0 Å². The predicted octanol–water partition coefficient (Wildman–Crippen LogP) is 0.734. The molecule has 2 aromatic rings. The fourth-order valence-corrected chi connectivity index (χ4v) is 1.72. The molecule has 0 aliphatic heterocycles. The first kappa shape index (κ1) is 12.3. The molecule has 0 N–H and O–H groups in total. The van der Waals surface area contributed by atoms with Gasteiger partial charge in [-0.05, 0) is 19.1 Å². The smallest absolute Gasteiger partial charge is 0.274 e. The van der Waals surface area contributed by atoms with E-state index in [9.17, 15) is 4.79 Å². The third kappa shape index (κ3) is 2.42. The number of aryl methyl sites for hydroxylation is 3. The van der Waals surface area contributed by atoms with Gasteiger partial charge in [-0.3, -0.25) is 14.2 Å². The Balaban J connectivity index is 2.09. The van der Waals surface area contributed by atoms with E-state index in [1.807, 2.05) is 33.3 Å². The van der Waals surface area contributed by atoms with E-state index in [1.54, 1.807) is 27.4 Å². The number of hydrogen-bond donors (Lipinski definition) is 0. The van der Waals surface area contributed by atoms with Crippen LogP contribution in [-0.2, 0) is 20.6 Å². The number of hydrogen-bond acceptors (Lipinski definition) is 3. The molecule has 0 atom stereocenters. The van der Waals surface area contributed by atoms with E-state index in [2.05, 4.69) is 10.2 Å². The summed E-state index contributed by atoms with van der Waals surface area (Å²) < 4.78 is 3.42. The van der Waals surface area contributed by atoms with Crippen molar-refractivity contribution in [1.82, 2.24) is 24.5 Å². The van der Waals surface area contributed by atoms with Crippen molar-refractivity contribution < 1.29 is 4.79 Å². The van der Waals surface area contributed by atoms with Crippen molar-refractivity contribution in [2.24, 2.45) is 14.1 Å². The number of nitrogens with zero attached hydrogens (tertiary/aromatic N) is 5. The highest BCUT2D eigenvalue weighted by atomic mass is 16.2. The summed E-state index contributed by atoms with van der Waals surface area (Å²) in [5.74, 6) is -0.0932. The second-order valence-corrected chi connectivity index (χ2v) is 4.44. The monoisotopic (exact) mass is 247 g/mol. The van der Waals surface area contributed by atoms with Gasteiger partial charge < -0.3 is 4.90 Å². The van der Waals surface area contributed by atoms with Crippen LogP contribution in [-0.4, -0.2) is 37.4 Å². The second-order valence-electron chi connectivity index (χ2n) is 4.44. The van der Waals surface area contributed by atoms with Gasteiger partial charge in [0.1, 0.15) is 0 Å². The van der Waals surface area contributed by atoms with Crippen LogP contribution in [0.4, 0.5) is 0 Å². The van der Waals surface area contributed by atoms with Crippen LogP contribution >= 0.6 is 0 Å². The molecule has 0 unspecified atom stereocenters. The van der Waals surface area contributed by atoms with E-state index in [4.69, 9.17) is 0 Å². The molecule has 0 aliphatic rings. The fraction of sp³-hybridized carbons (Fsp3) is 0.417. The maximum atomic E-state index is 12.1. The Hall–Kier alpha value is -2.11. The molecule has 0 fully saturated rings. The molecule has 0 spiro atoms. The molecule has 0 aromatic carbocycles. The molecule has 1 amide bonds. The van der Waals surface area contributed by atoms with Crippen LogP contribution in [0.5, 0.6) is 0 Å². The Bertz CT molecular complexity index is 549. The minimum absolute atomic E-state index is 0.0932. The number of amides is 1. The Morgan fingerprint density at radius 1 is 1.39 bits per heavy atom. The average molecular weight is 247 g/mol. The Morgan fingerprint density at radius 3 is 2.61 bits per heavy atom. The van der Waals surface area contributed by atoms with Crippen molar-refractivity contribution in [3.8, 4) is 0 Å². The van der Waals surface area contributed by atoms with Crippen molar-refractivity contribution in [1.29, 1.82) is 0 Å². The summed E-state index contributed by atoms with van der Waals surface area (Å²) in [6, 6.07) is 3.69. The van der Waals surface area contributed by atoms with Gasteiger partial charge in [0.05, 0.1) is 12.2 Å². The van der Waals surface area contributed by atoms with Crippen LogP contribution in [0.2, 0.25) is 0 Å². The van der Waals surface area contributed by atoms with E-state index in [0.717, 1.165) is 11.4 Å². The lowest BCUT2D eigenvalue weighted by Gasteiger charge is -2.13. The van der Waals surface area contributed by atoms with Crippen molar-refractivity contribution in [2.45, 2.75) is 13.5 Å². The highest BCUT2D eigenvalue weighted by Gasteiger charge is 2.16. The van der Waals surface area contributed by atoms with Gasteiger partial charge in [0.2, 0.25) is 0 Å². The van der Waals surface area contributed by atoms with Gasteiger partial charge in [-0.15, -0.1) is 0 Å². The van der Waals surface area contributed by atoms with Crippen molar-refractivity contribution >= 4 is 5.91 Å². The summed E-state index contributed by atoms with van der Waals surface area (Å²) in [5.41, 5.74) is 2.29. The SMILES string of the molecule is Cc1cc(C(=O)N(C)Cc2ccn(C)n2)nn1C. The lowest BCUT2D eigenvalue weighted by atomic mass is 10.3. The Kier molecular flexibility index (Phi) is 3.18. The molecule has 0 saturated carbocycles. The molecule has 2 rings (SSSR count). The predicted molar refractivity (Wildman–Crippen MR) is 67.0 cm³/mol.